The number of amides is 1. The lowest BCUT2D eigenvalue weighted by molar-refractivity contribution is 0.0993. The highest BCUT2D eigenvalue weighted by Crippen LogP contribution is 2.16. The third kappa shape index (κ3) is 2.85. The highest BCUT2D eigenvalue weighted by Gasteiger charge is 2.15. The van der Waals surface area contributed by atoms with Crippen LogP contribution in [0.1, 0.15) is 32.9 Å². The van der Waals surface area contributed by atoms with Crippen molar-refractivity contribution in [1.29, 1.82) is 5.26 Å². The number of hydrogen-bond donors (Lipinski definition) is 1. The van der Waals surface area contributed by atoms with Gasteiger partial charge in [0.2, 0.25) is 0 Å². The predicted octanol–water partition coefficient (Wildman–Crippen LogP) is 1.70. The molecule has 1 amide bonds. The molecule has 0 fully saturated rings. The molecule has 6 nitrogen and oxygen atoms in total. The van der Waals surface area contributed by atoms with Crippen molar-refractivity contribution in [1.82, 2.24) is 9.38 Å². The van der Waals surface area contributed by atoms with Crippen LogP contribution in [-0.4, -0.2) is 15.3 Å². The standard InChI is InChI=1S/C18H13FN4O2/c1-10-5-6-14-22-13(8-15(24)23(14)17(10)18(21)25)7-11-3-2-4-12(9-20)16(11)19/h2-6,8H,7H2,1H3,(H2,21,25). The zero-order chi connectivity index (χ0) is 18.1. The zero-order valence-electron chi connectivity index (χ0n) is 13.3. The fourth-order valence-corrected chi connectivity index (χ4v) is 2.73. The van der Waals surface area contributed by atoms with Crippen LogP contribution in [0.2, 0.25) is 0 Å². The third-order valence-electron chi connectivity index (χ3n) is 3.88. The molecule has 3 rings (SSSR count). The number of nitriles is 1. The Morgan fingerprint density at radius 1 is 1.36 bits per heavy atom. The summed E-state index contributed by atoms with van der Waals surface area (Å²) in [4.78, 5) is 28.4. The number of primary amides is 1. The summed E-state index contributed by atoms with van der Waals surface area (Å²) in [6.45, 7) is 1.67. The van der Waals surface area contributed by atoms with Crippen LogP contribution < -0.4 is 11.3 Å². The molecule has 2 N–H and O–H groups in total. The molecule has 0 spiro atoms. The van der Waals surface area contributed by atoms with Crippen molar-refractivity contribution in [3.05, 3.63) is 80.6 Å². The Hall–Kier alpha value is -3.53. The second-order valence-electron chi connectivity index (χ2n) is 5.58. The summed E-state index contributed by atoms with van der Waals surface area (Å²) >= 11 is 0. The average molecular weight is 336 g/mol. The first-order valence-corrected chi connectivity index (χ1v) is 7.42. The molecule has 0 aliphatic heterocycles. The molecule has 0 atom stereocenters. The van der Waals surface area contributed by atoms with E-state index in [4.69, 9.17) is 11.0 Å². The first-order chi connectivity index (χ1) is 11.9. The second-order valence-corrected chi connectivity index (χ2v) is 5.58. The molecule has 3 aromatic rings. The van der Waals surface area contributed by atoms with Gasteiger partial charge in [-0.3, -0.25) is 14.0 Å². The van der Waals surface area contributed by atoms with E-state index in [2.05, 4.69) is 4.98 Å². The van der Waals surface area contributed by atoms with E-state index in [0.717, 1.165) is 4.40 Å². The van der Waals surface area contributed by atoms with Gasteiger partial charge in [-0.1, -0.05) is 18.2 Å². The molecule has 0 radical (unpaired) electrons. The van der Waals surface area contributed by atoms with Gasteiger partial charge in [0, 0.05) is 12.5 Å². The molecular weight excluding hydrogens is 323 g/mol. The Balaban J connectivity index is 2.15. The second kappa shape index (κ2) is 6.17. The normalized spacial score (nSPS) is 10.6. The molecule has 0 unspecified atom stereocenters. The summed E-state index contributed by atoms with van der Waals surface area (Å²) in [6.07, 6.45) is 0.0485. The quantitative estimate of drug-likeness (QED) is 0.786. The van der Waals surface area contributed by atoms with E-state index < -0.39 is 17.3 Å². The molecule has 2 aromatic heterocycles. The van der Waals surface area contributed by atoms with E-state index in [0.29, 0.717) is 11.3 Å². The molecule has 1 aromatic carbocycles. The lowest BCUT2D eigenvalue weighted by Crippen LogP contribution is -2.26. The maximum Gasteiger partial charge on any atom is 0.266 e. The largest absolute Gasteiger partial charge is 0.364 e. The van der Waals surface area contributed by atoms with Gasteiger partial charge in [0.15, 0.2) is 0 Å². The fourth-order valence-electron chi connectivity index (χ4n) is 2.73. The van der Waals surface area contributed by atoms with E-state index >= 15 is 0 Å². The van der Waals surface area contributed by atoms with Gasteiger partial charge in [-0.2, -0.15) is 5.26 Å². The molecule has 25 heavy (non-hydrogen) atoms. The van der Waals surface area contributed by atoms with Gasteiger partial charge in [0.25, 0.3) is 11.5 Å². The number of halogens is 1. The predicted molar refractivity (Wildman–Crippen MR) is 88.6 cm³/mol. The maximum atomic E-state index is 14.2. The van der Waals surface area contributed by atoms with Crippen LogP contribution in [0, 0.1) is 24.1 Å². The summed E-state index contributed by atoms with van der Waals surface area (Å²) in [5.74, 6) is -1.36. The first-order valence-electron chi connectivity index (χ1n) is 7.42. The van der Waals surface area contributed by atoms with Gasteiger partial charge in [0.1, 0.15) is 23.2 Å². The Morgan fingerprint density at radius 3 is 2.80 bits per heavy atom. The molecule has 2 heterocycles. The van der Waals surface area contributed by atoms with Crippen molar-refractivity contribution in [3.8, 4) is 6.07 Å². The van der Waals surface area contributed by atoms with Crippen LogP contribution in [0.5, 0.6) is 0 Å². The number of nitrogens with zero attached hydrogens (tertiary/aromatic N) is 3. The number of fused-ring (bicyclic) bond motifs is 1. The van der Waals surface area contributed by atoms with Crippen molar-refractivity contribution < 1.29 is 9.18 Å². The first kappa shape index (κ1) is 16.3. The van der Waals surface area contributed by atoms with E-state index in [1.165, 1.54) is 18.2 Å². The fraction of sp³-hybridized carbons (Fsp3) is 0.111. The Morgan fingerprint density at radius 2 is 2.12 bits per heavy atom. The smallest absolute Gasteiger partial charge is 0.266 e. The zero-order valence-corrected chi connectivity index (χ0v) is 13.3. The molecular formula is C18H13FN4O2. The number of benzene rings is 1. The van der Waals surface area contributed by atoms with Crippen molar-refractivity contribution >= 4 is 11.6 Å². The van der Waals surface area contributed by atoms with Crippen molar-refractivity contribution in [2.45, 2.75) is 13.3 Å². The summed E-state index contributed by atoms with van der Waals surface area (Å²) in [5, 5.41) is 8.90. The summed E-state index contributed by atoms with van der Waals surface area (Å²) in [7, 11) is 0. The lowest BCUT2D eigenvalue weighted by atomic mass is 10.1. The lowest BCUT2D eigenvalue weighted by Gasteiger charge is -2.10. The van der Waals surface area contributed by atoms with Gasteiger partial charge in [-0.05, 0) is 30.2 Å². The molecule has 124 valence electrons. The van der Waals surface area contributed by atoms with Gasteiger partial charge in [0.05, 0.1) is 11.3 Å². The highest BCUT2D eigenvalue weighted by atomic mass is 19.1. The monoisotopic (exact) mass is 336 g/mol. The van der Waals surface area contributed by atoms with Gasteiger partial charge >= 0.3 is 0 Å². The van der Waals surface area contributed by atoms with E-state index in [-0.39, 0.29) is 28.9 Å². The Kier molecular flexibility index (Phi) is 4.03. The number of hydrogen-bond acceptors (Lipinski definition) is 4. The molecule has 0 saturated heterocycles. The van der Waals surface area contributed by atoms with Crippen LogP contribution >= 0.6 is 0 Å². The third-order valence-corrected chi connectivity index (χ3v) is 3.88. The SMILES string of the molecule is Cc1ccc2nc(Cc3cccc(C#N)c3F)cc(=O)n2c1C(N)=O. The molecule has 0 bridgehead atoms. The van der Waals surface area contributed by atoms with Gasteiger partial charge in [-0.15, -0.1) is 0 Å². The van der Waals surface area contributed by atoms with E-state index in [1.807, 2.05) is 0 Å². The number of aryl methyl sites for hydroxylation is 1. The number of aromatic nitrogens is 2. The minimum Gasteiger partial charge on any atom is -0.364 e. The summed E-state index contributed by atoms with van der Waals surface area (Å²) in [6, 6.07) is 10.7. The van der Waals surface area contributed by atoms with Crippen LogP contribution in [-0.2, 0) is 6.42 Å². The van der Waals surface area contributed by atoms with Crippen molar-refractivity contribution in [2.24, 2.45) is 5.73 Å². The Labute approximate surface area is 142 Å². The maximum absolute atomic E-state index is 14.2. The Bertz CT molecular complexity index is 1110. The number of nitrogens with two attached hydrogens (primary N) is 1. The minimum atomic E-state index is -0.729. The van der Waals surface area contributed by atoms with E-state index in [1.54, 1.807) is 31.2 Å². The molecule has 0 aliphatic rings. The highest BCUT2D eigenvalue weighted by molar-refractivity contribution is 5.93. The summed E-state index contributed by atoms with van der Waals surface area (Å²) in [5.41, 5.74) is 6.28. The average Bonchev–Trinajstić information content (AvgIpc) is 2.57. The minimum absolute atomic E-state index is 0.0485. The van der Waals surface area contributed by atoms with Crippen molar-refractivity contribution in [2.75, 3.05) is 0 Å². The van der Waals surface area contributed by atoms with E-state index in [9.17, 15) is 14.0 Å². The molecule has 0 saturated carbocycles. The van der Waals surface area contributed by atoms with Crippen molar-refractivity contribution in [3.63, 3.8) is 0 Å². The van der Waals surface area contributed by atoms with Crippen LogP contribution in [0.4, 0.5) is 4.39 Å². The number of carbonyl (C=O) groups is 1. The topological polar surface area (TPSA) is 101 Å². The number of pyridine rings is 1. The molecule has 7 heteroatoms. The summed E-state index contributed by atoms with van der Waals surface area (Å²) < 4.78 is 15.3. The van der Waals surface area contributed by atoms with Crippen LogP contribution in [0.3, 0.4) is 0 Å². The van der Waals surface area contributed by atoms with Crippen LogP contribution in [0.15, 0.2) is 41.2 Å². The number of carbonyl (C=O) groups excluding carboxylic acids is 1. The van der Waals surface area contributed by atoms with Gasteiger partial charge < -0.3 is 5.73 Å². The number of rotatable bonds is 3. The van der Waals surface area contributed by atoms with Crippen LogP contribution in [0.25, 0.3) is 5.65 Å². The van der Waals surface area contributed by atoms with Gasteiger partial charge in [-0.25, -0.2) is 9.37 Å². The molecule has 0 aliphatic carbocycles.